The summed E-state index contributed by atoms with van der Waals surface area (Å²) in [5, 5.41) is 2.80. The van der Waals surface area contributed by atoms with Gasteiger partial charge in [-0.05, 0) is 39.8 Å². The highest BCUT2D eigenvalue weighted by molar-refractivity contribution is 9.10. The number of nitrogens with one attached hydrogen (secondary N) is 1. The Kier molecular flexibility index (Phi) is 5.35. The molecule has 0 radical (unpaired) electrons. The van der Waals surface area contributed by atoms with Crippen molar-refractivity contribution in [2.24, 2.45) is 11.3 Å². The van der Waals surface area contributed by atoms with Crippen molar-refractivity contribution in [3.8, 4) is 0 Å². The molecule has 1 aromatic heterocycles. The molecule has 0 aliphatic rings. The Hall–Kier alpha value is -1.10. The van der Waals surface area contributed by atoms with Gasteiger partial charge in [-0.15, -0.1) is 0 Å². The van der Waals surface area contributed by atoms with Gasteiger partial charge in [0.1, 0.15) is 5.82 Å². The molecule has 0 bridgehead atoms. The molecule has 0 aromatic carbocycles. The maximum Gasteiger partial charge on any atom is 0.225 e. The monoisotopic (exact) mass is 327 g/mol. The topological polar surface area (TPSA) is 68.0 Å². The van der Waals surface area contributed by atoms with Crippen LogP contribution in [0.2, 0.25) is 0 Å². The standard InChI is InChI=1S/C14H22BrN3O/c1-9(7-14(2,3)4)5-12(19)18-13-11(15)6-10(16)8-17-13/h6,8-9H,5,7,16H2,1-4H3,(H,17,18,19). The Morgan fingerprint density at radius 1 is 1.53 bits per heavy atom. The number of nitrogen functional groups attached to an aromatic ring is 1. The first-order valence-corrected chi connectivity index (χ1v) is 7.17. The molecule has 5 heteroatoms. The first kappa shape index (κ1) is 16.0. The van der Waals surface area contributed by atoms with Gasteiger partial charge >= 0.3 is 0 Å². The zero-order chi connectivity index (χ0) is 14.6. The van der Waals surface area contributed by atoms with E-state index in [0.29, 0.717) is 28.3 Å². The maximum absolute atomic E-state index is 11.9. The second-order valence-electron chi connectivity index (χ2n) is 6.22. The molecule has 1 amide bonds. The van der Waals surface area contributed by atoms with E-state index in [1.807, 2.05) is 0 Å². The van der Waals surface area contributed by atoms with Crippen LogP contribution < -0.4 is 11.1 Å². The van der Waals surface area contributed by atoms with Crippen molar-refractivity contribution in [2.45, 2.75) is 40.5 Å². The second kappa shape index (κ2) is 6.37. The molecule has 1 rings (SSSR count). The van der Waals surface area contributed by atoms with Crippen LogP contribution >= 0.6 is 15.9 Å². The summed E-state index contributed by atoms with van der Waals surface area (Å²) in [5.74, 6) is 0.837. The number of carbonyl (C=O) groups excluding carboxylic acids is 1. The van der Waals surface area contributed by atoms with E-state index in [0.717, 1.165) is 6.42 Å². The molecular formula is C14H22BrN3O. The summed E-state index contributed by atoms with van der Waals surface area (Å²) in [6.07, 6.45) is 3.03. The van der Waals surface area contributed by atoms with E-state index in [1.54, 1.807) is 6.07 Å². The number of carbonyl (C=O) groups is 1. The average molecular weight is 328 g/mol. The van der Waals surface area contributed by atoms with Crippen LogP contribution in [0.4, 0.5) is 11.5 Å². The summed E-state index contributed by atoms with van der Waals surface area (Å²) >= 11 is 3.33. The van der Waals surface area contributed by atoms with Crippen molar-refractivity contribution in [3.05, 3.63) is 16.7 Å². The predicted octanol–water partition coefficient (Wildman–Crippen LogP) is 3.83. The number of aromatic nitrogens is 1. The van der Waals surface area contributed by atoms with Gasteiger partial charge in [-0.3, -0.25) is 4.79 Å². The van der Waals surface area contributed by atoms with E-state index in [4.69, 9.17) is 5.73 Å². The number of nitrogens with zero attached hydrogens (tertiary/aromatic N) is 1. The van der Waals surface area contributed by atoms with Gasteiger partial charge in [-0.2, -0.15) is 0 Å². The van der Waals surface area contributed by atoms with Crippen LogP contribution in [0, 0.1) is 11.3 Å². The molecule has 0 saturated heterocycles. The minimum Gasteiger partial charge on any atom is -0.397 e. The smallest absolute Gasteiger partial charge is 0.225 e. The fourth-order valence-electron chi connectivity index (χ4n) is 2.16. The van der Waals surface area contributed by atoms with E-state index >= 15 is 0 Å². The normalized spacial score (nSPS) is 13.1. The van der Waals surface area contributed by atoms with Crippen LogP contribution in [0.15, 0.2) is 16.7 Å². The van der Waals surface area contributed by atoms with E-state index in [2.05, 4.69) is 53.9 Å². The molecule has 1 atom stereocenters. The number of hydrogen-bond acceptors (Lipinski definition) is 3. The summed E-state index contributed by atoms with van der Waals surface area (Å²) in [6.45, 7) is 8.63. The molecule has 4 nitrogen and oxygen atoms in total. The van der Waals surface area contributed by atoms with Crippen molar-refractivity contribution in [1.82, 2.24) is 4.98 Å². The van der Waals surface area contributed by atoms with E-state index in [1.165, 1.54) is 6.20 Å². The summed E-state index contributed by atoms with van der Waals surface area (Å²) in [4.78, 5) is 16.0. The molecule has 1 heterocycles. The molecule has 0 aliphatic heterocycles. The van der Waals surface area contributed by atoms with Crippen LogP contribution in [-0.2, 0) is 4.79 Å². The van der Waals surface area contributed by atoms with Gasteiger partial charge in [0, 0.05) is 6.42 Å². The van der Waals surface area contributed by atoms with Crippen LogP contribution in [0.25, 0.3) is 0 Å². The van der Waals surface area contributed by atoms with Crippen LogP contribution in [0.5, 0.6) is 0 Å². The summed E-state index contributed by atoms with van der Waals surface area (Å²) in [6, 6.07) is 1.72. The number of anilines is 2. The summed E-state index contributed by atoms with van der Waals surface area (Å²) in [7, 11) is 0. The van der Waals surface area contributed by atoms with Gasteiger partial charge in [0.25, 0.3) is 0 Å². The van der Waals surface area contributed by atoms with Crippen molar-refractivity contribution in [1.29, 1.82) is 0 Å². The first-order valence-electron chi connectivity index (χ1n) is 6.38. The fourth-order valence-corrected chi connectivity index (χ4v) is 2.63. The zero-order valence-electron chi connectivity index (χ0n) is 12.0. The number of hydrogen-bond donors (Lipinski definition) is 2. The molecular weight excluding hydrogens is 306 g/mol. The first-order chi connectivity index (χ1) is 8.67. The highest BCUT2D eigenvalue weighted by Gasteiger charge is 2.18. The average Bonchev–Trinajstić information content (AvgIpc) is 2.19. The minimum atomic E-state index is -0.0188. The third-order valence-electron chi connectivity index (χ3n) is 2.61. The quantitative estimate of drug-likeness (QED) is 0.883. The van der Waals surface area contributed by atoms with Gasteiger partial charge in [0.05, 0.1) is 16.4 Å². The molecule has 19 heavy (non-hydrogen) atoms. The van der Waals surface area contributed by atoms with Gasteiger partial charge in [-0.1, -0.05) is 27.7 Å². The Balaban J connectivity index is 2.56. The van der Waals surface area contributed by atoms with Gasteiger partial charge < -0.3 is 11.1 Å². The summed E-state index contributed by atoms with van der Waals surface area (Å²) in [5.41, 5.74) is 6.40. The third-order valence-corrected chi connectivity index (χ3v) is 3.22. The minimum absolute atomic E-state index is 0.0188. The highest BCUT2D eigenvalue weighted by atomic mass is 79.9. The van der Waals surface area contributed by atoms with Crippen molar-refractivity contribution in [3.63, 3.8) is 0 Å². The maximum atomic E-state index is 11.9. The number of halogens is 1. The van der Waals surface area contributed by atoms with Crippen molar-refractivity contribution in [2.75, 3.05) is 11.1 Å². The fraction of sp³-hybridized carbons (Fsp3) is 0.571. The number of pyridine rings is 1. The highest BCUT2D eigenvalue weighted by Crippen LogP contribution is 2.27. The zero-order valence-corrected chi connectivity index (χ0v) is 13.5. The number of rotatable bonds is 4. The van der Waals surface area contributed by atoms with Crippen LogP contribution in [0.3, 0.4) is 0 Å². The Morgan fingerprint density at radius 2 is 2.16 bits per heavy atom. The Labute approximate surface area is 123 Å². The Morgan fingerprint density at radius 3 is 2.68 bits per heavy atom. The molecule has 106 valence electrons. The van der Waals surface area contributed by atoms with E-state index in [9.17, 15) is 4.79 Å². The molecule has 0 aliphatic carbocycles. The van der Waals surface area contributed by atoms with Crippen molar-refractivity contribution >= 4 is 33.3 Å². The second-order valence-corrected chi connectivity index (χ2v) is 7.08. The summed E-state index contributed by atoms with van der Waals surface area (Å²) < 4.78 is 0.698. The molecule has 1 aromatic rings. The number of nitrogens with two attached hydrogens (primary N) is 1. The van der Waals surface area contributed by atoms with Gasteiger partial charge in [-0.25, -0.2) is 4.98 Å². The number of amides is 1. The lowest BCUT2D eigenvalue weighted by molar-refractivity contribution is -0.117. The predicted molar refractivity (Wildman–Crippen MR) is 82.8 cm³/mol. The van der Waals surface area contributed by atoms with E-state index < -0.39 is 0 Å². The molecule has 0 spiro atoms. The Bertz CT molecular complexity index is 454. The van der Waals surface area contributed by atoms with Gasteiger partial charge in [0.2, 0.25) is 5.91 Å². The molecule has 0 saturated carbocycles. The van der Waals surface area contributed by atoms with Gasteiger partial charge in [0.15, 0.2) is 0 Å². The van der Waals surface area contributed by atoms with E-state index in [-0.39, 0.29) is 11.3 Å². The largest absolute Gasteiger partial charge is 0.397 e. The molecule has 1 unspecified atom stereocenters. The lowest BCUT2D eigenvalue weighted by Crippen LogP contribution is -2.19. The lowest BCUT2D eigenvalue weighted by atomic mass is 9.84. The third kappa shape index (κ3) is 6.05. The molecule has 0 fully saturated rings. The SMILES string of the molecule is CC(CC(=O)Nc1ncc(N)cc1Br)CC(C)(C)C. The molecule has 3 N–H and O–H groups in total. The van der Waals surface area contributed by atoms with Crippen LogP contribution in [-0.4, -0.2) is 10.9 Å². The van der Waals surface area contributed by atoms with Crippen molar-refractivity contribution < 1.29 is 4.79 Å². The van der Waals surface area contributed by atoms with Crippen LogP contribution in [0.1, 0.15) is 40.5 Å². The lowest BCUT2D eigenvalue weighted by Gasteiger charge is -2.22.